The van der Waals surface area contributed by atoms with Gasteiger partial charge in [0.2, 0.25) is 0 Å². The van der Waals surface area contributed by atoms with E-state index in [4.69, 9.17) is 0 Å². The van der Waals surface area contributed by atoms with Crippen LogP contribution in [0, 0.1) is 5.92 Å². The predicted octanol–water partition coefficient (Wildman–Crippen LogP) is 4.70. The Labute approximate surface area is 93.7 Å². The van der Waals surface area contributed by atoms with Crippen LogP contribution in [0.3, 0.4) is 0 Å². The maximum Gasteiger partial charge on any atom is 0.00499 e. The maximum absolute atomic E-state index is 2.39. The third kappa shape index (κ3) is 2.62. The first-order valence-corrected chi connectivity index (χ1v) is 6.22. The summed E-state index contributed by atoms with van der Waals surface area (Å²) in [7, 11) is 0. The minimum absolute atomic E-state index is 0.647. The Kier molecular flexibility index (Phi) is 3.45. The fourth-order valence-corrected chi connectivity index (χ4v) is 2.38. The van der Waals surface area contributed by atoms with E-state index in [2.05, 4.69) is 38.1 Å². The Morgan fingerprint density at radius 2 is 1.73 bits per heavy atom. The molecule has 0 heterocycles. The summed E-state index contributed by atoms with van der Waals surface area (Å²) in [5, 5.41) is 0. The molecule has 0 nitrogen and oxygen atoms in total. The van der Waals surface area contributed by atoms with E-state index in [-0.39, 0.29) is 0 Å². The van der Waals surface area contributed by atoms with E-state index in [1.807, 2.05) is 0 Å². The van der Waals surface area contributed by atoms with E-state index in [1.165, 1.54) is 43.2 Å². The first-order valence-electron chi connectivity index (χ1n) is 6.22. The molecule has 0 aliphatic heterocycles. The highest BCUT2D eigenvalue weighted by atomic mass is 14.2. The van der Waals surface area contributed by atoms with E-state index in [0.717, 1.165) is 0 Å². The van der Waals surface area contributed by atoms with E-state index >= 15 is 0 Å². The van der Waals surface area contributed by atoms with Crippen molar-refractivity contribution in [1.82, 2.24) is 0 Å². The molecule has 1 aliphatic carbocycles. The zero-order valence-corrected chi connectivity index (χ0v) is 9.92. The number of hydrogen-bond donors (Lipinski definition) is 0. The molecule has 2 rings (SSSR count). The Morgan fingerprint density at radius 3 is 2.40 bits per heavy atom. The van der Waals surface area contributed by atoms with E-state index in [9.17, 15) is 0 Å². The molecule has 0 bridgehead atoms. The molecular formula is C15H21. The molecule has 1 aromatic rings. The van der Waals surface area contributed by atoms with Crippen molar-refractivity contribution in [3.63, 3.8) is 0 Å². The molecule has 81 valence electrons. The van der Waals surface area contributed by atoms with Crippen molar-refractivity contribution in [1.29, 1.82) is 0 Å². The quantitative estimate of drug-likeness (QED) is 0.650. The Bertz CT molecular complexity index is 306. The molecule has 0 N–H and O–H groups in total. The molecule has 1 aromatic carbocycles. The van der Waals surface area contributed by atoms with Crippen LogP contribution in [-0.2, 0) is 0 Å². The van der Waals surface area contributed by atoms with Crippen molar-refractivity contribution in [3.8, 4) is 0 Å². The fraction of sp³-hybridized carbons (Fsp3) is 0.533. The molecule has 15 heavy (non-hydrogen) atoms. The van der Waals surface area contributed by atoms with Crippen LogP contribution in [0.1, 0.15) is 63.0 Å². The van der Waals surface area contributed by atoms with Gasteiger partial charge in [-0.1, -0.05) is 57.4 Å². The predicted molar refractivity (Wildman–Crippen MR) is 66.0 cm³/mol. The molecule has 0 aromatic heterocycles. The van der Waals surface area contributed by atoms with Gasteiger partial charge in [0.1, 0.15) is 0 Å². The van der Waals surface area contributed by atoms with Crippen LogP contribution in [0.4, 0.5) is 0 Å². The lowest BCUT2D eigenvalue weighted by Gasteiger charge is -2.22. The summed E-state index contributed by atoms with van der Waals surface area (Å²) in [6, 6.07) is 9.14. The van der Waals surface area contributed by atoms with Crippen LogP contribution in [0.2, 0.25) is 0 Å². The van der Waals surface area contributed by atoms with Crippen LogP contribution in [0.5, 0.6) is 0 Å². The summed E-state index contributed by atoms with van der Waals surface area (Å²) >= 11 is 0. The second kappa shape index (κ2) is 4.83. The molecule has 0 unspecified atom stereocenters. The van der Waals surface area contributed by atoms with Gasteiger partial charge in [-0.3, -0.25) is 0 Å². The lowest BCUT2D eigenvalue weighted by atomic mass is 9.83. The van der Waals surface area contributed by atoms with Gasteiger partial charge >= 0.3 is 0 Å². The Balaban J connectivity index is 2.16. The van der Waals surface area contributed by atoms with E-state index in [0.29, 0.717) is 5.92 Å². The van der Waals surface area contributed by atoms with E-state index < -0.39 is 0 Å². The van der Waals surface area contributed by atoms with Gasteiger partial charge in [0.15, 0.2) is 0 Å². The normalized spacial score (nSPS) is 18.3. The highest BCUT2D eigenvalue weighted by molar-refractivity contribution is 5.35. The summed E-state index contributed by atoms with van der Waals surface area (Å²) in [6.07, 6.45) is 6.85. The molecule has 1 fully saturated rings. The largest absolute Gasteiger partial charge is 0.0617 e. The molecule has 0 atom stereocenters. The molecule has 0 saturated heterocycles. The van der Waals surface area contributed by atoms with Gasteiger partial charge in [-0.15, -0.1) is 0 Å². The molecule has 1 aliphatic rings. The summed E-state index contributed by atoms with van der Waals surface area (Å²) in [4.78, 5) is 0. The topological polar surface area (TPSA) is 0 Å². The minimum Gasteiger partial charge on any atom is -0.0617 e. The molecular weight excluding hydrogens is 180 g/mol. The lowest BCUT2D eigenvalue weighted by Crippen LogP contribution is -2.05. The highest BCUT2D eigenvalue weighted by Gasteiger charge is 2.16. The van der Waals surface area contributed by atoms with Gasteiger partial charge in [0.05, 0.1) is 0 Å². The van der Waals surface area contributed by atoms with Crippen molar-refractivity contribution in [2.45, 2.75) is 51.9 Å². The summed E-state index contributed by atoms with van der Waals surface area (Å²) in [5.74, 6) is 2.33. The van der Waals surface area contributed by atoms with Crippen molar-refractivity contribution in [2.24, 2.45) is 0 Å². The molecule has 0 amide bonds. The maximum atomic E-state index is 2.39. The van der Waals surface area contributed by atoms with Gasteiger partial charge in [-0.05, 0) is 29.9 Å². The van der Waals surface area contributed by atoms with Crippen molar-refractivity contribution in [3.05, 3.63) is 41.3 Å². The third-order valence-corrected chi connectivity index (χ3v) is 3.42. The van der Waals surface area contributed by atoms with Crippen LogP contribution >= 0.6 is 0 Å². The minimum atomic E-state index is 0.647. The second-order valence-corrected chi connectivity index (χ2v) is 4.94. The van der Waals surface area contributed by atoms with Crippen LogP contribution in [0.25, 0.3) is 0 Å². The van der Waals surface area contributed by atoms with Gasteiger partial charge < -0.3 is 0 Å². The summed E-state index contributed by atoms with van der Waals surface area (Å²) < 4.78 is 0. The van der Waals surface area contributed by atoms with Gasteiger partial charge in [-0.25, -0.2) is 0 Å². The van der Waals surface area contributed by atoms with Gasteiger partial charge in [0.25, 0.3) is 0 Å². The Morgan fingerprint density at radius 1 is 1.00 bits per heavy atom. The first-order chi connectivity index (χ1) is 7.27. The highest BCUT2D eigenvalue weighted by Crippen LogP contribution is 2.32. The molecule has 1 radical (unpaired) electrons. The average Bonchev–Trinajstić information content (AvgIpc) is 2.30. The lowest BCUT2D eigenvalue weighted by molar-refractivity contribution is 0.551. The number of hydrogen-bond acceptors (Lipinski definition) is 0. The SMILES string of the molecule is CC(C)c1cccc([C]2CCCCC2)c1. The third-order valence-electron chi connectivity index (χ3n) is 3.42. The fourth-order valence-electron chi connectivity index (χ4n) is 2.38. The number of benzene rings is 1. The average molecular weight is 201 g/mol. The smallest absolute Gasteiger partial charge is 0.00499 e. The summed E-state index contributed by atoms with van der Waals surface area (Å²) in [6.45, 7) is 4.54. The Hall–Kier alpha value is -0.780. The van der Waals surface area contributed by atoms with E-state index in [1.54, 1.807) is 5.92 Å². The molecule has 0 heteroatoms. The van der Waals surface area contributed by atoms with Gasteiger partial charge in [-0.2, -0.15) is 0 Å². The van der Waals surface area contributed by atoms with Crippen LogP contribution < -0.4 is 0 Å². The molecule has 0 spiro atoms. The molecule has 1 saturated carbocycles. The number of rotatable bonds is 2. The van der Waals surface area contributed by atoms with Crippen molar-refractivity contribution < 1.29 is 0 Å². The zero-order valence-electron chi connectivity index (χ0n) is 9.92. The zero-order chi connectivity index (χ0) is 10.7. The summed E-state index contributed by atoms with van der Waals surface area (Å²) in [5.41, 5.74) is 2.98. The van der Waals surface area contributed by atoms with Crippen molar-refractivity contribution in [2.75, 3.05) is 0 Å². The standard InChI is InChI=1S/C15H21/c1-12(2)14-9-6-10-15(11-14)13-7-4-3-5-8-13/h6,9-12H,3-5,7-8H2,1-2H3. The first kappa shape index (κ1) is 10.7. The monoisotopic (exact) mass is 201 g/mol. The second-order valence-electron chi connectivity index (χ2n) is 4.94. The van der Waals surface area contributed by atoms with Crippen LogP contribution in [-0.4, -0.2) is 0 Å². The van der Waals surface area contributed by atoms with Crippen molar-refractivity contribution >= 4 is 0 Å². The van der Waals surface area contributed by atoms with Crippen LogP contribution in [0.15, 0.2) is 24.3 Å². The van der Waals surface area contributed by atoms with Gasteiger partial charge in [0, 0.05) is 5.92 Å².